The van der Waals surface area contributed by atoms with E-state index in [1.807, 2.05) is 41.3 Å². The molecule has 1 saturated heterocycles. The molecule has 1 aliphatic rings. The molecule has 0 bridgehead atoms. The predicted molar refractivity (Wildman–Crippen MR) is 97.5 cm³/mol. The van der Waals surface area contributed by atoms with Crippen molar-refractivity contribution in [2.45, 2.75) is 18.9 Å². The number of halogens is 2. The zero-order valence-electron chi connectivity index (χ0n) is 12.5. The molecule has 1 fully saturated rings. The molecule has 0 N–H and O–H groups in total. The Morgan fingerprint density at radius 1 is 1.17 bits per heavy atom. The molecule has 3 nitrogen and oxygen atoms in total. The molecule has 1 aliphatic heterocycles. The minimum absolute atomic E-state index is 0.0335. The van der Waals surface area contributed by atoms with Crippen molar-refractivity contribution < 1.29 is 9.53 Å². The van der Waals surface area contributed by atoms with E-state index in [4.69, 9.17) is 4.74 Å². The Morgan fingerprint density at radius 3 is 2.70 bits per heavy atom. The Hall–Kier alpha value is -1.33. The first-order chi connectivity index (χ1) is 11.1. The van der Waals surface area contributed by atoms with Gasteiger partial charge in [0, 0.05) is 11.0 Å². The summed E-state index contributed by atoms with van der Waals surface area (Å²) in [5.41, 5.74) is 1.20. The number of hydrogen-bond donors (Lipinski definition) is 0. The summed E-state index contributed by atoms with van der Waals surface area (Å²) in [6.45, 7) is 0.854. The molecule has 1 amide bonds. The lowest BCUT2D eigenvalue weighted by atomic mass is 10.0. The SMILES string of the molecule is O=C(COc1ccc(Br)cc1Br)N1CCC[C@H]1c1ccccc1. The highest BCUT2D eigenvalue weighted by Crippen LogP contribution is 2.32. The van der Waals surface area contributed by atoms with E-state index in [2.05, 4.69) is 44.0 Å². The number of carbonyl (C=O) groups excluding carboxylic acids is 1. The Morgan fingerprint density at radius 2 is 1.96 bits per heavy atom. The van der Waals surface area contributed by atoms with E-state index < -0.39 is 0 Å². The van der Waals surface area contributed by atoms with Gasteiger partial charge in [-0.05, 0) is 52.5 Å². The smallest absolute Gasteiger partial charge is 0.261 e. The van der Waals surface area contributed by atoms with Crippen molar-refractivity contribution in [1.29, 1.82) is 0 Å². The van der Waals surface area contributed by atoms with Crippen LogP contribution >= 0.6 is 31.9 Å². The van der Waals surface area contributed by atoms with Crippen LogP contribution in [0.5, 0.6) is 5.75 Å². The maximum absolute atomic E-state index is 12.6. The lowest BCUT2D eigenvalue weighted by molar-refractivity contribution is -0.134. The highest BCUT2D eigenvalue weighted by atomic mass is 79.9. The van der Waals surface area contributed by atoms with Gasteiger partial charge in [0.15, 0.2) is 6.61 Å². The second-order valence-electron chi connectivity index (χ2n) is 5.52. The second kappa shape index (κ2) is 7.49. The molecular formula is C18H17Br2NO2. The number of hydrogen-bond acceptors (Lipinski definition) is 2. The van der Waals surface area contributed by atoms with Crippen molar-refractivity contribution in [2.75, 3.05) is 13.2 Å². The van der Waals surface area contributed by atoms with Crippen LogP contribution in [0.4, 0.5) is 0 Å². The Kier molecular flexibility index (Phi) is 5.38. The zero-order chi connectivity index (χ0) is 16.2. The third-order valence-electron chi connectivity index (χ3n) is 4.00. The molecule has 5 heteroatoms. The van der Waals surface area contributed by atoms with E-state index in [0.29, 0.717) is 5.75 Å². The summed E-state index contributed by atoms with van der Waals surface area (Å²) >= 11 is 6.85. The molecule has 23 heavy (non-hydrogen) atoms. The van der Waals surface area contributed by atoms with Gasteiger partial charge in [0.1, 0.15) is 5.75 Å². The molecule has 0 unspecified atom stereocenters. The maximum atomic E-state index is 12.6. The van der Waals surface area contributed by atoms with Crippen LogP contribution in [0.25, 0.3) is 0 Å². The van der Waals surface area contributed by atoms with E-state index >= 15 is 0 Å². The van der Waals surface area contributed by atoms with E-state index in [-0.39, 0.29) is 18.6 Å². The maximum Gasteiger partial charge on any atom is 0.261 e. The molecule has 0 saturated carbocycles. The second-order valence-corrected chi connectivity index (χ2v) is 7.29. The van der Waals surface area contributed by atoms with Crippen LogP contribution in [0.2, 0.25) is 0 Å². The van der Waals surface area contributed by atoms with Gasteiger partial charge in [-0.15, -0.1) is 0 Å². The topological polar surface area (TPSA) is 29.5 Å². The van der Waals surface area contributed by atoms with E-state index in [0.717, 1.165) is 28.3 Å². The van der Waals surface area contributed by atoms with Crippen molar-refractivity contribution in [3.05, 3.63) is 63.0 Å². The van der Waals surface area contributed by atoms with Gasteiger partial charge in [-0.1, -0.05) is 46.3 Å². The number of amides is 1. The minimum atomic E-state index is 0.0335. The Labute approximate surface area is 152 Å². The van der Waals surface area contributed by atoms with E-state index in [9.17, 15) is 4.79 Å². The summed E-state index contributed by atoms with van der Waals surface area (Å²) in [5.74, 6) is 0.711. The fourth-order valence-corrected chi connectivity index (χ4v) is 4.06. The number of nitrogens with zero attached hydrogens (tertiary/aromatic N) is 1. The third-order valence-corrected chi connectivity index (χ3v) is 5.12. The molecule has 2 aromatic rings. The fourth-order valence-electron chi connectivity index (χ4n) is 2.90. The molecule has 0 radical (unpaired) electrons. The molecule has 1 heterocycles. The lowest BCUT2D eigenvalue weighted by Gasteiger charge is -2.25. The number of rotatable bonds is 4. The summed E-state index contributed by atoms with van der Waals surface area (Å²) in [4.78, 5) is 14.5. The van der Waals surface area contributed by atoms with Crippen LogP contribution < -0.4 is 4.74 Å². The van der Waals surface area contributed by atoms with Gasteiger partial charge in [-0.3, -0.25) is 4.79 Å². The fraction of sp³-hybridized carbons (Fsp3) is 0.278. The normalized spacial score (nSPS) is 17.3. The van der Waals surface area contributed by atoms with Gasteiger partial charge < -0.3 is 9.64 Å². The number of likely N-dealkylation sites (tertiary alicyclic amines) is 1. The highest BCUT2D eigenvalue weighted by Gasteiger charge is 2.29. The molecular weight excluding hydrogens is 422 g/mol. The summed E-state index contributed by atoms with van der Waals surface area (Å²) in [5, 5.41) is 0. The van der Waals surface area contributed by atoms with E-state index in [1.54, 1.807) is 0 Å². The first-order valence-corrected chi connectivity index (χ1v) is 9.16. The summed E-state index contributed by atoms with van der Waals surface area (Å²) in [7, 11) is 0. The number of benzene rings is 2. The molecule has 0 spiro atoms. The zero-order valence-corrected chi connectivity index (χ0v) is 15.7. The van der Waals surface area contributed by atoms with Crippen LogP contribution in [-0.2, 0) is 4.79 Å². The average Bonchev–Trinajstić information content (AvgIpc) is 3.04. The lowest BCUT2D eigenvalue weighted by Crippen LogP contribution is -2.34. The summed E-state index contributed by atoms with van der Waals surface area (Å²) in [6.07, 6.45) is 2.05. The molecule has 120 valence electrons. The summed E-state index contributed by atoms with van der Waals surface area (Å²) in [6, 6.07) is 16.0. The van der Waals surface area contributed by atoms with Gasteiger partial charge in [-0.25, -0.2) is 0 Å². The van der Waals surface area contributed by atoms with Crippen LogP contribution in [0.15, 0.2) is 57.5 Å². The molecule has 0 aromatic heterocycles. The average molecular weight is 439 g/mol. The van der Waals surface area contributed by atoms with Gasteiger partial charge in [0.2, 0.25) is 0 Å². The highest BCUT2D eigenvalue weighted by molar-refractivity contribution is 9.11. The number of ether oxygens (including phenoxy) is 1. The largest absolute Gasteiger partial charge is 0.483 e. The molecule has 2 aromatic carbocycles. The first-order valence-electron chi connectivity index (χ1n) is 7.57. The van der Waals surface area contributed by atoms with Crippen molar-refractivity contribution in [2.24, 2.45) is 0 Å². The predicted octanol–water partition coefficient (Wildman–Crippen LogP) is 4.95. The Bertz CT molecular complexity index is 691. The summed E-state index contributed by atoms with van der Waals surface area (Å²) < 4.78 is 7.49. The van der Waals surface area contributed by atoms with Crippen LogP contribution in [0.1, 0.15) is 24.4 Å². The minimum Gasteiger partial charge on any atom is -0.483 e. The standard InChI is InChI=1S/C18H17Br2NO2/c19-14-8-9-17(15(20)11-14)23-12-18(22)21-10-4-7-16(21)13-5-2-1-3-6-13/h1-3,5-6,8-9,11,16H,4,7,10,12H2/t16-/m0/s1. The van der Waals surface area contributed by atoms with Crippen molar-refractivity contribution >= 4 is 37.8 Å². The monoisotopic (exact) mass is 437 g/mol. The van der Waals surface area contributed by atoms with Gasteiger partial charge in [0.05, 0.1) is 10.5 Å². The quantitative estimate of drug-likeness (QED) is 0.675. The first kappa shape index (κ1) is 16.5. The van der Waals surface area contributed by atoms with Gasteiger partial charge >= 0.3 is 0 Å². The number of carbonyl (C=O) groups is 1. The van der Waals surface area contributed by atoms with Crippen molar-refractivity contribution in [3.63, 3.8) is 0 Å². The third kappa shape index (κ3) is 3.96. The van der Waals surface area contributed by atoms with Crippen LogP contribution in [0.3, 0.4) is 0 Å². The van der Waals surface area contributed by atoms with Gasteiger partial charge in [-0.2, -0.15) is 0 Å². The van der Waals surface area contributed by atoms with Crippen molar-refractivity contribution in [1.82, 2.24) is 4.90 Å². The van der Waals surface area contributed by atoms with Crippen molar-refractivity contribution in [3.8, 4) is 5.75 Å². The molecule has 3 rings (SSSR count). The van der Waals surface area contributed by atoms with Gasteiger partial charge in [0.25, 0.3) is 5.91 Å². The molecule has 1 atom stereocenters. The van der Waals surface area contributed by atoms with E-state index in [1.165, 1.54) is 5.56 Å². The van der Waals surface area contributed by atoms with Crippen LogP contribution in [-0.4, -0.2) is 24.0 Å². The van der Waals surface area contributed by atoms with Crippen LogP contribution in [0, 0.1) is 0 Å². The molecule has 0 aliphatic carbocycles. The Balaban J connectivity index is 1.65.